The molecule has 1 aliphatic carbocycles. The molecule has 0 unspecified atom stereocenters. The van der Waals surface area contributed by atoms with Crippen LogP contribution in [0.25, 0.3) is 0 Å². The highest BCUT2D eigenvalue weighted by Crippen LogP contribution is 2.22. The van der Waals surface area contributed by atoms with Gasteiger partial charge in [-0.25, -0.2) is 0 Å². The molecule has 1 aliphatic rings. The standard InChI is InChI=1S/C10H20N2O/c1-7(13)11-8-5-9(6-8)12-10(2,3)4/h8-9,12H,5-6H2,1-4H3,(H,11,13). The van der Waals surface area contributed by atoms with Gasteiger partial charge >= 0.3 is 0 Å². The van der Waals surface area contributed by atoms with Gasteiger partial charge in [0.1, 0.15) is 0 Å². The number of nitrogens with one attached hydrogen (secondary N) is 2. The molecule has 0 atom stereocenters. The molecule has 1 saturated carbocycles. The van der Waals surface area contributed by atoms with Gasteiger partial charge in [-0.05, 0) is 33.6 Å². The van der Waals surface area contributed by atoms with Crippen LogP contribution in [-0.2, 0) is 4.79 Å². The van der Waals surface area contributed by atoms with Crippen molar-refractivity contribution in [2.24, 2.45) is 0 Å². The lowest BCUT2D eigenvalue weighted by molar-refractivity contribution is -0.120. The van der Waals surface area contributed by atoms with E-state index in [0.717, 1.165) is 12.8 Å². The highest BCUT2D eigenvalue weighted by atomic mass is 16.1. The fourth-order valence-corrected chi connectivity index (χ4v) is 1.75. The van der Waals surface area contributed by atoms with E-state index in [1.165, 1.54) is 0 Å². The zero-order valence-electron chi connectivity index (χ0n) is 8.98. The van der Waals surface area contributed by atoms with Crippen LogP contribution in [0.3, 0.4) is 0 Å². The first-order valence-electron chi connectivity index (χ1n) is 4.91. The summed E-state index contributed by atoms with van der Waals surface area (Å²) in [5.41, 5.74) is 0.186. The van der Waals surface area contributed by atoms with Gasteiger partial charge in [0.25, 0.3) is 0 Å². The maximum absolute atomic E-state index is 10.7. The predicted octanol–water partition coefficient (Wildman–Crippen LogP) is 1.04. The topological polar surface area (TPSA) is 41.1 Å². The lowest BCUT2D eigenvalue weighted by atomic mass is 9.85. The first-order valence-corrected chi connectivity index (χ1v) is 4.91. The van der Waals surface area contributed by atoms with Gasteiger partial charge in [0.15, 0.2) is 0 Å². The van der Waals surface area contributed by atoms with E-state index < -0.39 is 0 Å². The highest BCUT2D eigenvalue weighted by molar-refractivity contribution is 5.73. The van der Waals surface area contributed by atoms with Gasteiger partial charge in [0.2, 0.25) is 5.91 Å². The van der Waals surface area contributed by atoms with E-state index in [1.807, 2.05) is 0 Å². The number of amides is 1. The molecule has 0 aromatic heterocycles. The maximum Gasteiger partial charge on any atom is 0.217 e. The average molecular weight is 184 g/mol. The molecular formula is C10H20N2O. The Bertz CT molecular complexity index is 190. The molecule has 0 bridgehead atoms. The molecule has 1 fully saturated rings. The predicted molar refractivity (Wildman–Crippen MR) is 53.5 cm³/mol. The normalized spacial score (nSPS) is 28.0. The molecule has 0 radical (unpaired) electrons. The van der Waals surface area contributed by atoms with Crippen molar-refractivity contribution in [1.82, 2.24) is 10.6 Å². The van der Waals surface area contributed by atoms with Crippen molar-refractivity contribution in [3.8, 4) is 0 Å². The lowest BCUT2D eigenvalue weighted by Gasteiger charge is -2.40. The van der Waals surface area contributed by atoms with Gasteiger partial charge in [-0.15, -0.1) is 0 Å². The quantitative estimate of drug-likeness (QED) is 0.673. The fourth-order valence-electron chi connectivity index (χ4n) is 1.75. The van der Waals surface area contributed by atoms with E-state index in [-0.39, 0.29) is 11.4 Å². The van der Waals surface area contributed by atoms with Crippen molar-refractivity contribution in [3.05, 3.63) is 0 Å². The van der Waals surface area contributed by atoms with E-state index in [9.17, 15) is 4.79 Å². The number of hydrogen-bond donors (Lipinski definition) is 2. The molecule has 3 heteroatoms. The smallest absolute Gasteiger partial charge is 0.217 e. The molecule has 2 N–H and O–H groups in total. The van der Waals surface area contributed by atoms with E-state index in [0.29, 0.717) is 12.1 Å². The third kappa shape index (κ3) is 3.77. The minimum Gasteiger partial charge on any atom is -0.353 e. The molecule has 0 aliphatic heterocycles. The largest absolute Gasteiger partial charge is 0.353 e. The van der Waals surface area contributed by atoms with Crippen LogP contribution in [0.5, 0.6) is 0 Å². The van der Waals surface area contributed by atoms with Gasteiger partial charge in [0.05, 0.1) is 0 Å². The van der Waals surface area contributed by atoms with Crippen molar-refractivity contribution in [2.45, 2.75) is 58.2 Å². The van der Waals surface area contributed by atoms with Crippen LogP contribution in [0.4, 0.5) is 0 Å². The van der Waals surface area contributed by atoms with Gasteiger partial charge in [-0.2, -0.15) is 0 Å². The Morgan fingerprint density at radius 1 is 1.23 bits per heavy atom. The Hall–Kier alpha value is -0.570. The van der Waals surface area contributed by atoms with E-state index in [1.54, 1.807) is 6.92 Å². The van der Waals surface area contributed by atoms with Crippen molar-refractivity contribution in [1.29, 1.82) is 0 Å². The Labute approximate surface area is 80.3 Å². The summed E-state index contributed by atoms with van der Waals surface area (Å²) in [7, 11) is 0. The number of rotatable bonds is 2. The van der Waals surface area contributed by atoms with Crippen LogP contribution >= 0.6 is 0 Å². The van der Waals surface area contributed by atoms with Gasteiger partial charge in [-0.3, -0.25) is 4.79 Å². The molecule has 0 spiro atoms. The molecule has 3 nitrogen and oxygen atoms in total. The minimum atomic E-state index is 0.0826. The zero-order valence-corrected chi connectivity index (χ0v) is 8.98. The molecular weight excluding hydrogens is 164 g/mol. The molecule has 0 saturated heterocycles. The molecule has 76 valence electrons. The summed E-state index contributed by atoms with van der Waals surface area (Å²) in [5.74, 6) is 0.0826. The van der Waals surface area contributed by atoms with Crippen LogP contribution in [-0.4, -0.2) is 23.5 Å². The second-order valence-electron chi connectivity index (χ2n) is 4.96. The highest BCUT2D eigenvalue weighted by Gasteiger charge is 2.31. The molecule has 1 amide bonds. The molecule has 0 heterocycles. The first kappa shape index (κ1) is 10.5. The Balaban J connectivity index is 2.15. The Morgan fingerprint density at radius 3 is 2.15 bits per heavy atom. The van der Waals surface area contributed by atoms with Crippen LogP contribution in [0.2, 0.25) is 0 Å². The second kappa shape index (κ2) is 3.66. The van der Waals surface area contributed by atoms with Gasteiger partial charge < -0.3 is 10.6 Å². The fraction of sp³-hybridized carbons (Fsp3) is 0.900. The summed E-state index contributed by atoms with van der Waals surface area (Å²) in [6.45, 7) is 8.07. The summed E-state index contributed by atoms with van der Waals surface area (Å²) in [4.78, 5) is 10.7. The summed E-state index contributed by atoms with van der Waals surface area (Å²) < 4.78 is 0. The summed E-state index contributed by atoms with van der Waals surface area (Å²) >= 11 is 0. The lowest BCUT2D eigenvalue weighted by Crippen LogP contribution is -2.56. The molecule has 1 rings (SSSR count). The van der Waals surface area contributed by atoms with Crippen LogP contribution < -0.4 is 10.6 Å². The average Bonchev–Trinajstić information content (AvgIpc) is 1.78. The van der Waals surface area contributed by atoms with E-state index >= 15 is 0 Å². The number of hydrogen-bond acceptors (Lipinski definition) is 2. The van der Waals surface area contributed by atoms with Crippen molar-refractivity contribution in [2.75, 3.05) is 0 Å². The number of carbonyl (C=O) groups is 1. The van der Waals surface area contributed by atoms with Crippen LogP contribution in [0.1, 0.15) is 40.5 Å². The summed E-state index contributed by atoms with van der Waals surface area (Å²) in [6.07, 6.45) is 2.13. The monoisotopic (exact) mass is 184 g/mol. The Morgan fingerprint density at radius 2 is 1.77 bits per heavy atom. The molecule has 0 aromatic carbocycles. The minimum absolute atomic E-state index is 0.0826. The maximum atomic E-state index is 10.7. The van der Waals surface area contributed by atoms with E-state index in [4.69, 9.17) is 0 Å². The van der Waals surface area contributed by atoms with E-state index in [2.05, 4.69) is 31.4 Å². The molecule has 0 aromatic rings. The molecule has 13 heavy (non-hydrogen) atoms. The van der Waals surface area contributed by atoms with Crippen LogP contribution in [0, 0.1) is 0 Å². The number of carbonyl (C=O) groups excluding carboxylic acids is 1. The second-order valence-corrected chi connectivity index (χ2v) is 4.96. The first-order chi connectivity index (χ1) is 5.87. The van der Waals surface area contributed by atoms with Crippen molar-refractivity contribution >= 4 is 5.91 Å². The third-order valence-corrected chi connectivity index (χ3v) is 2.18. The van der Waals surface area contributed by atoms with Gasteiger partial charge in [-0.1, -0.05) is 0 Å². The van der Waals surface area contributed by atoms with Crippen LogP contribution in [0.15, 0.2) is 0 Å². The Kier molecular flexibility index (Phi) is 2.96. The summed E-state index contributed by atoms with van der Waals surface area (Å²) in [6, 6.07) is 0.981. The van der Waals surface area contributed by atoms with Gasteiger partial charge in [0, 0.05) is 24.5 Å². The SMILES string of the molecule is CC(=O)NC1CC(NC(C)(C)C)C1. The summed E-state index contributed by atoms with van der Waals surface area (Å²) in [5, 5.41) is 6.42. The van der Waals surface area contributed by atoms with Crippen molar-refractivity contribution in [3.63, 3.8) is 0 Å². The third-order valence-electron chi connectivity index (χ3n) is 2.18. The van der Waals surface area contributed by atoms with Crippen molar-refractivity contribution < 1.29 is 4.79 Å². The zero-order chi connectivity index (χ0) is 10.1.